The van der Waals surface area contributed by atoms with Crippen molar-refractivity contribution in [2.75, 3.05) is 0 Å². The second-order valence-corrected chi connectivity index (χ2v) is 4.21. The lowest BCUT2D eigenvalue weighted by atomic mass is 9.93. The van der Waals surface area contributed by atoms with Crippen LogP contribution in [0.2, 0.25) is 0 Å². The van der Waals surface area contributed by atoms with Gasteiger partial charge in [0.2, 0.25) is 0 Å². The molecule has 15 heavy (non-hydrogen) atoms. The molecule has 1 aliphatic rings. The second kappa shape index (κ2) is 3.66. The molecule has 1 aliphatic carbocycles. The molecule has 0 saturated heterocycles. The van der Waals surface area contributed by atoms with Crippen molar-refractivity contribution >= 4 is 5.97 Å². The normalized spacial score (nSPS) is 21.1. The first-order valence-electron chi connectivity index (χ1n) is 5.17. The highest BCUT2D eigenvalue weighted by molar-refractivity contribution is 5.75. The molecule has 0 bridgehead atoms. The quantitative estimate of drug-likeness (QED) is 0.767. The van der Waals surface area contributed by atoms with E-state index in [2.05, 4.69) is 18.2 Å². The van der Waals surface area contributed by atoms with Gasteiger partial charge in [0, 0.05) is 5.92 Å². The highest BCUT2D eigenvalue weighted by Crippen LogP contribution is 2.35. The molecule has 0 spiro atoms. The molecule has 3 heteroatoms. The summed E-state index contributed by atoms with van der Waals surface area (Å²) in [4.78, 5) is 10.9. The van der Waals surface area contributed by atoms with E-state index in [1.54, 1.807) is 0 Å². The van der Waals surface area contributed by atoms with Crippen LogP contribution < -0.4 is 5.73 Å². The Morgan fingerprint density at radius 2 is 2.33 bits per heavy atom. The molecule has 1 aromatic rings. The van der Waals surface area contributed by atoms with E-state index in [0.717, 1.165) is 18.4 Å². The molecule has 80 valence electrons. The van der Waals surface area contributed by atoms with Gasteiger partial charge in [-0.3, -0.25) is 4.79 Å². The van der Waals surface area contributed by atoms with Crippen LogP contribution in [0.25, 0.3) is 0 Å². The van der Waals surface area contributed by atoms with E-state index in [1.165, 1.54) is 11.1 Å². The largest absolute Gasteiger partial charge is 0.480 e. The van der Waals surface area contributed by atoms with Crippen LogP contribution in [0.1, 0.15) is 29.0 Å². The number of aryl methyl sites for hydroxylation is 2. The fraction of sp³-hybridized carbons (Fsp3) is 0.417. The third-order valence-electron chi connectivity index (χ3n) is 3.14. The zero-order valence-corrected chi connectivity index (χ0v) is 8.73. The van der Waals surface area contributed by atoms with E-state index in [4.69, 9.17) is 10.8 Å². The van der Waals surface area contributed by atoms with Gasteiger partial charge in [-0.15, -0.1) is 0 Å². The minimum atomic E-state index is -0.908. The number of hydrogen-bond donors (Lipinski definition) is 2. The average molecular weight is 205 g/mol. The molecular formula is C12H15NO2. The van der Waals surface area contributed by atoms with Crippen LogP contribution in [-0.2, 0) is 11.2 Å². The Bertz CT molecular complexity index is 401. The second-order valence-electron chi connectivity index (χ2n) is 4.21. The van der Waals surface area contributed by atoms with Crippen molar-refractivity contribution in [1.29, 1.82) is 0 Å². The summed E-state index contributed by atoms with van der Waals surface area (Å²) in [5, 5.41) is 8.91. The lowest BCUT2D eigenvalue weighted by Gasteiger charge is -2.16. The molecule has 0 heterocycles. The van der Waals surface area contributed by atoms with E-state index in [9.17, 15) is 4.79 Å². The van der Waals surface area contributed by atoms with Crippen molar-refractivity contribution in [3.8, 4) is 0 Å². The number of hydrogen-bond acceptors (Lipinski definition) is 2. The van der Waals surface area contributed by atoms with Crippen molar-refractivity contribution < 1.29 is 9.90 Å². The summed E-state index contributed by atoms with van der Waals surface area (Å²) < 4.78 is 0. The summed E-state index contributed by atoms with van der Waals surface area (Å²) in [7, 11) is 0. The number of fused-ring (bicyclic) bond motifs is 1. The van der Waals surface area contributed by atoms with Gasteiger partial charge in [-0.2, -0.15) is 0 Å². The summed E-state index contributed by atoms with van der Waals surface area (Å²) in [5.41, 5.74) is 9.23. The molecule has 2 unspecified atom stereocenters. The molecule has 0 aliphatic heterocycles. The molecule has 0 fully saturated rings. The predicted octanol–water partition coefficient (Wildman–Crippen LogP) is 1.44. The summed E-state index contributed by atoms with van der Waals surface area (Å²) in [6.45, 7) is 2.02. The van der Waals surface area contributed by atoms with E-state index in [1.807, 2.05) is 6.92 Å². The topological polar surface area (TPSA) is 63.3 Å². The molecule has 0 amide bonds. The molecule has 0 aromatic heterocycles. The van der Waals surface area contributed by atoms with Crippen molar-refractivity contribution in [2.24, 2.45) is 5.73 Å². The monoisotopic (exact) mass is 205 g/mol. The highest BCUT2D eigenvalue weighted by atomic mass is 16.4. The maximum Gasteiger partial charge on any atom is 0.321 e. The summed E-state index contributed by atoms with van der Waals surface area (Å²) >= 11 is 0. The minimum absolute atomic E-state index is 0.0163. The molecule has 2 atom stereocenters. The third kappa shape index (κ3) is 1.75. The Labute approximate surface area is 88.9 Å². The standard InChI is InChI=1S/C12H15NO2/c1-7-2-3-8-4-5-9(10(8)6-7)11(13)12(14)15/h2-3,6,9,11H,4-5,13H2,1H3,(H,14,15). The van der Waals surface area contributed by atoms with Gasteiger partial charge in [0.05, 0.1) is 0 Å². The number of carboxylic acid groups (broad SMARTS) is 1. The number of rotatable bonds is 2. The Balaban J connectivity index is 2.35. The smallest absolute Gasteiger partial charge is 0.321 e. The first-order valence-corrected chi connectivity index (χ1v) is 5.17. The maximum atomic E-state index is 10.9. The Hall–Kier alpha value is -1.35. The van der Waals surface area contributed by atoms with Gasteiger partial charge in [-0.05, 0) is 30.9 Å². The fourth-order valence-corrected chi connectivity index (χ4v) is 2.30. The fourth-order valence-electron chi connectivity index (χ4n) is 2.30. The SMILES string of the molecule is Cc1ccc2c(c1)C(C(N)C(=O)O)CC2. The molecular weight excluding hydrogens is 190 g/mol. The van der Waals surface area contributed by atoms with Crippen LogP contribution in [0, 0.1) is 6.92 Å². The molecule has 0 radical (unpaired) electrons. The van der Waals surface area contributed by atoms with Gasteiger partial charge in [0.15, 0.2) is 0 Å². The predicted molar refractivity (Wildman–Crippen MR) is 57.9 cm³/mol. The van der Waals surface area contributed by atoms with Crippen LogP contribution in [0.15, 0.2) is 18.2 Å². The molecule has 2 rings (SSSR count). The van der Waals surface area contributed by atoms with Crippen LogP contribution in [0.5, 0.6) is 0 Å². The first kappa shape index (κ1) is 10.2. The van der Waals surface area contributed by atoms with Crippen molar-refractivity contribution in [2.45, 2.75) is 31.7 Å². The Morgan fingerprint density at radius 1 is 1.60 bits per heavy atom. The third-order valence-corrected chi connectivity index (χ3v) is 3.14. The maximum absolute atomic E-state index is 10.9. The van der Waals surface area contributed by atoms with Gasteiger partial charge in [0.1, 0.15) is 6.04 Å². The molecule has 0 saturated carbocycles. The van der Waals surface area contributed by atoms with Gasteiger partial charge in [-0.25, -0.2) is 0 Å². The van der Waals surface area contributed by atoms with Gasteiger partial charge in [-0.1, -0.05) is 23.8 Å². The lowest BCUT2D eigenvalue weighted by molar-refractivity contribution is -0.139. The lowest BCUT2D eigenvalue weighted by Crippen LogP contribution is -2.35. The van der Waals surface area contributed by atoms with Crippen molar-refractivity contribution in [1.82, 2.24) is 0 Å². The van der Waals surface area contributed by atoms with Crippen LogP contribution in [0.4, 0.5) is 0 Å². The van der Waals surface area contributed by atoms with E-state index in [-0.39, 0.29) is 5.92 Å². The molecule has 3 nitrogen and oxygen atoms in total. The number of carboxylic acids is 1. The number of aliphatic carboxylic acids is 1. The van der Waals surface area contributed by atoms with Crippen LogP contribution >= 0.6 is 0 Å². The zero-order chi connectivity index (χ0) is 11.0. The van der Waals surface area contributed by atoms with Crippen molar-refractivity contribution in [3.05, 3.63) is 34.9 Å². The molecule has 1 aromatic carbocycles. The number of carbonyl (C=O) groups is 1. The summed E-state index contributed by atoms with van der Waals surface area (Å²) in [6, 6.07) is 5.44. The molecule has 3 N–H and O–H groups in total. The van der Waals surface area contributed by atoms with Crippen molar-refractivity contribution in [3.63, 3.8) is 0 Å². The Kier molecular flexibility index (Phi) is 2.49. The highest BCUT2D eigenvalue weighted by Gasteiger charge is 2.31. The summed E-state index contributed by atoms with van der Waals surface area (Å²) in [5.74, 6) is -0.924. The minimum Gasteiger partial charge on any atom is -0.480 e. The van der Waals surface area contributed by atoms with E-state index >= 15 is 0 Å². The van der Waals surface area contributed by atoms with Crippen LogP contribution in [-0.4, -0.2) is 17.1 Å². The summed E-state index contributed by atoms with van der Waals surface area (Å²) in [6.07, 6.45) is 1.80. The average Bonchev–Trinajstić information content (AvgIpc) is 2.59. The zero-order valence-electron chi connectivity index (χ0n) is 8.73. The van der Waals surface area contributed by atoms with Gasteiger partial charge < -0.3 is 10.8 Å². The first-order chi connectivity index (χ1) is 7.09. The number of benzene rings is 1. The van der Waals surface area contributed by atoms with Gasteiger partial charge >= 0.3 is 5.97 Å². The van der Waals surface area contributed by atoms with E-state index in [0.29, 0.717) is 0 Å². The van der Waals surface area contributed by atoms with Gasteiger partial charge in [0.25, 0.3) is 0 Å². The van der Waals surface area contributed by atoms with E-state index < -0.39 is 12.0 Å². The number of nitrogens with two attached hydrogens (primary N) is 1. The van der Waals surface area contributed by atoms with Crippen LogP contribution in [0.3, 0.4) is 0 Å². The Morgan fingerprint density at radius 3 is 3.00 bits per heavy atom.